The van der Waals surface area contributed by atoms with E-state index in [9.17, 15) is 4.79 Å². The average Bonchev–Trinajstić information content (AvgIpc) is 2.73. The maximum absolute atomic E-state index is 12.6. The molecule has 1 atom stereocenters. The van der Waals surface area contributed by atoms with Gasteiger partial charge in [-0.15, -0.1) is 0 Å². The molecular weight excluding hydrogens is 350 g/mol. The van der Waals surface area contributed by atoms with Gasteiger partial charge >= 0.3 is 0 Å². The summed E-state index contributed by atoms with van der Waals surface area (Å²) < 4.78 is 5.22. The number of nitrogens with zero attached hydrogens (tertiary/aromatic N) is 2. The largest absolute Gasteiger partial charge is 0.497 e. The summed E-state index contributed by atoms with van der Waals surface area (Å²) in [5, 5.41) is 3.20. The van der Waals surface area contributed by atoms with Gasteiger partial charge in [0.15, 0.2) is 0 Å². The zero-order valence-corrected chi connectivity index (χ0v) is 17.1. The van der Waals surface area contributed by atoms with Crippen LogP contribution >= 0.6 is 0 Å². The van der Waals surface area contributed by atoms with Crippen molar-refractivity contribution in [2.45, 2.75) is 26.3 Å². The number of hydrogen-bond acceptors (Lipinski definition) is 4. The van der Waals surface area contributed by atoms with E-state index in [1.165, 1.54) is 16.8 Å². The molecule has 1 N–H and O–H groups in total. The lowest BCUT2D eigenvalue weighted by Crippen LogP contribution is -2.49. The number of benzene rings is 2. The molecule has 1 aliphatic heterocycles. The van der Waals surface area contributed by atoms with E-state index < -0.39 is 0 Å². The first kappa shape index (κ1) is 20.2. The van der Waals surface area contributed by atoms with Crippen molar-refractivity contribution >= 4 is 11.6 Å². The third-order valence-corrected chi connectivity index (χ3v) is 5.40. The number of carbonyl (C=O) groups is 1. The molecule has 1 saturated heterocycles. The van der Waals surface area contributed by atoms with Gasteiger partial charge in [-0.2, -0.15) is 0 Å². The second-order valence-electron chi connectivity index (χ2n) is 7.40. The van der Waals surface area contributed by atoms with Crippen LogP contribution in [-0.2, 0) is 4.79 Å². The first-order chi connectivity index (χ1) is 13.6. The van der Waals surface area contributed by atoms with Crippen LogP contribution in [0, 0.1) is 6.92 Å². The first-order valence-electron chi connectivity index (χ1n) is 10.1. The molecule has 1 amide bonds. The van der Waals surface area contributed by atoms with Gasteiger partial charge in [-0.3, -0.25) is 9.69 Å². The molecule has 0 aliphatic carbocycles. The fraction of sp³-hybridized carbons (Fsp3) is 0.435. The quantitative estimate of drug-likeness (QED) is 0.798. The van der Waals surface area contributed by atoms with E-state index >= 15 is 0 Å². The maximum atomic E-state index is 12.6. The standard InChI is InChI=1S/C23H31N3O2/c1-4-22(19-7-5-18(2)6-8-19)24-23(27)17-25-13-15-26(16-14-25)20-9-11-21(28-3)12-10-20/h5-12,22H,4,13-17H2,1-3H3,(H,24,27)/t22-/m0/s1. The third kappa shape index (κ3) is 5.26. The summed E-state index contributed by atoms with van der Waals surface area (Å²) in [5.41, 5.74) is 3.61. The number of carbonyl (C=O) groups excluding carboxylic acids is 1. The molecule has 1 fully saturated rings. The molecule has 0 bridgehead atoms. The van der Waals surface area contributed by atoms with E-state index in [0.717, 1.165) is 38.3 Å². The van der Waals surface area contributed by atoms with E-state index in [0.29, 0.717) is 6.54 Å². The van der Waals surface area contributed by atoms with E-state index in [1.807, 2.05) is 12.1 Å². The number of nitrogens with one attached hydrogen (secondary N) is 1. The molecule has 0 aromatic heterocycles. The van der Waals surface area contributed by atoms with Crippen molar-refractivity contribution in [3.63, 3.8) is 0 Å². The van der Waals surface area contributed by atoms with Crippen LogP contribution in [0.15, 0.2) is 48.5 Å². The number of amides is 1. The van der Waals surface area contributed by atoms with Gasteiger partial charge in [-0.1, -0.05) is 36.8 Å². The molecule has 1 heterocycles. The molecule has 0 radical (unpaired) electrons. The van der Waals surface area contributed by atoms with Crippen molar-refractivity contribution in [1.82, 2.24) is 10.2 Å². The normalized spacial score (nSPS) is 15.9. The minimum Gasteiger partial charge on any atom is -0.497 e. The number of methoxy groups -OCH3 is 1. The predicted octanol–water partition coefficient (Wildman–Crippen LogP) is 3.39. The van der Waals surface area contributed by atoms with E-state index in [-0.39, 0.29) is 11.9 Å². The second-order valence-corrected chi connectivity index (χ2v) is 7.40. The lowest BCUT2D eigenvalue weighted by molar-refractivity contribution is -0.123. The van der Waals surface area contributed by atoms with Crippen LogP contribution in [0.3, 0.4) is 0 Å². The molecule has 0 saturated carbocycles. The Balaban J connectivity index is 1.48. The Labute approximate surface area is 168 Å². The van der Waals surface area contributed by atoms with Crippen LogP contribution in [0.4, 0.5) is 5.69 Å². The molecule has 0 unspecified atom stereocenters. The van der Waals surface area contributed by atoms with Crippen molar-refractivity contribution in [2.24, 2.45) is 0 Å². The van der Waals surface area contributed by atoms with Gasteiger partial charge in [0.2, 0.25) is 5.91 Å². The van der Waals surface area contributed by atoms with Gasteiger partial charge in [0.25, 0.3) is 0 Å². The second kappa shape index (κ2) is 9.60. The zero-order valence-electron chi connectivity index (χ0n) is 17.1. The van der Waals surface area contributed by atoms with Gasteiger partial charge in [-0.25, -0.2) is 0 Å². The SMILES string of the molecule is CC[C@H](NC(=O)CN1CCN(c2ccc(OC)cc2)CC1)c1ccc(C)cc1. The van der Waals surface area contributed by atoms with Gasteiger partial charge in [0.05, 0.1) is 19.7 Å². The smallest absolute Gasteiger partial charge is 0.234 e. The summed E-state index contributed by atoms with van der Waals surface area (Å²) in [5.74, 6) is 0.975. The summed E-state index contributed by atoms with van der Waals surface area (Å²) >= 11 is 0. The highest BCUT2D eigenvalue weighted by Gasteiger charge is 2.20. The number of ether oxygens (including phenoxy) is 1. The minimum absolute atomic E-state index is 0.0775. The molecule has 2 aromatic rings. The summed E-state index contributed by atoms with van der Waals surface area (Å²) in [6.07, 6.45) is 0.889. The number of aryl methyl sites for hydroxylation is 1. The highest BCUT2D eigenvalue weighted by Crippen LogP contribution is 2.21. The Morgan fingerprint density at radius 2 is 1.68 bits per heavy atom. The van der Waals surface area contributed by atoms with Crippen LogP contribution < -0.4 is 15.0 Å². The van der Waals surface area contributed by atoms with E-state index in [4.69, 9.17) is 4.74 Å². The number of anilines is 1. The van der Waals surface area contributed by atoms with Crippen molar-refractivity contribution in [3.8, 4) is 5.75 Å². The number of hydrogen-bond donors (Lipinski definition) is 1. The highest BCUT2D eigenvalue weighted by atomic mass is 16.5. The third-order valence-electron chi connectivity index (χ3n) is 5.40. The van der Waals surface area contributed by atoms with Crippen molar-refractivity contribution in [1.29, 1.82) is 0 Å². The molecule has 5 nitrogen and oxygen atoms in total. The monoisotopic (exact) mass is 381 g/mol. The number of piperazine rings is 1. The summed E-state index contributed by atoms with van der Waals surface area (Å²) in [7, 11) is 1.68. The van der Waals surface area contributed by atoms with Crippen molar-refractivity contribution < 1.29 is 9.53 Å². The molecule has 150 valence electrons. The molecule has 0 spiro atoms. The Morgan fingerprint density at radius 1 is 1.04 bits per heavy atom. The Hall–Kier alpha value is -2.53. The van der Waals surface area contributed by atoms with Crippen molar-refractivity contribution in [2.75, 3.05) is 44.7 Å². The first-order valence-corrected chi connectivity index (χ1v) is 10.1. The van der Waals surface area contributed by atoms with Crippen LogP contribution in [0.1, 0.15) is 30.5 Å². The van der Waals surface area contributed by atoms with Crippen LogP contribution in [0.2, 0.25) is 0 Å². The summed E-state index contributed by atoms with van der Waals surface area (Å²) in [4.78, 5) is 17.2. The van der Waals surface area contributed by atoms with Gasteiger partial charge in [0.1, 0.15) is 5.75 Å². The van der Waals surface area contributed by atoms with Gasteiger partial charge in [0, 0.05) is 31.9 Å². The number of rotatable bonds is 7. The highest BCUT2D eigenvalue weighted by molar-refractivity contribution is 5.78. The lowest BCUT2D eigenvalue weighted by atomic mass is 10.0. The van der Waals surface area contributed by atoms with Crippen LogP contribution in [0.25, 0.3) is 0 Å². The molecule has 2 aromatic carbocycles. The summed E-state index contributed by atoms with van der Waals surface area (Å²) in [6, 6.07) is 16.7. The van der Waals surface area contributed by atoms with E-state index in [1.54, 1.807) is 7.11 Å². The average molecular weight is 382 g/mol. The van der Waals surface area contributed by atoms with Gasteiger partial charge in [-0.05, 0) is 43.2 Å². The van der Waals surface area contributed by atoms with Gasteiger partial charge < -0.3 is 15.0 Å². The Kier molecular flexibility index (Phi) is 6.93. The minimum atomic E-state index is 0.0775. The topological polar surface area (TPSA) is 44.8 Å². The van der Waals surface area contributed by atoms with Crippen molar-refractivity contribution in [3.05, 3.63) is 59.7 Å². The molecular formula is C23H31N3O2. The summed E-state index contributed by atoms with van der Waals surface area (Å²) in [6.45, 7) is 8.28. The fourth-order valence-corrected chi connectivity index (χ4v) is 3.62. The van der Waals surface area contributed by atoms with Crippen LogP contribution in [-0.4, -0.2) is 50.6 Å². The Morgan fingerprint density at radius 3 is 2.25 bits per heavy atom. The van der Waals surface area contributed by atoms with E-state index in [2.05, 4.69) is 65.4 Å². The maximum Gasteiger partial charge on any atom is 0.234 e. The Bertz CT molecular complexity index is 750. The van der Waals surface area contributed by atoms with Crippen LogP contribution in [0.5, 0.6) is 5.75 Å². The molecule has 1 aliphatic rings. The molecule has 3 rings (SSSR count). The lowest BCUT2D eigenvalue weighted by Gasteiger charge is -2.36. The fourth-order valence-electron chi connectivity index (χ4n) is 3.62. The molecule has 5 heteroatoms. The predicted molar refractivity (Wildman–Crippen MR) is 114 cm³/mol. The molecule has 28 heavy (non-hydrogen) atoms. The zero-order chi connectivity index (χ0) is 19.9.